The molecule has 0 radical (unpaired) electrons. The highest BCUT2D eigenvalue weighted by molar-refractivity contribution is 6.12. The molecular weight excluding hydrogens is 562 g/mol. The summed E-state index contributed by atoms with van der Waals surface area (Å²) in [5.74, 6) is -4.87. The molecule has 1 aliphatic rings. The Hall–Kier alpha value is -4.86. The number of Topliss-reactive ketones (excluding diaryl/α,β-unsaturated/α-hetero) is 1. The van der Waals surface area contributed by atoms with E-state index in [0.717, 1.165) is 0 Å². The minimum Gasteiger partial charge on any atom is -0.455 e. The van der Waals surface area contributed by atoms with Gasteiger partial charge in [-0.05, 0) is 66.6 Å². The van der Waals surface area contributed by atoms with Crippen LogP contribution in [0.5, 0.6) is 0 Å². The van der Waals surface area contributed by atoms with E-state index in [1.807, 2.05) is 0 Å². The lowest BCUT2D eigenvalue weighted by molar-refractivity contribution is -0.128. The molecular formula is C33H25F4N3O3. The van der Waals surface area contributed by atoms with Crippen molar-refractivity contribution in [3.05, 3.63) is 107 Å². The Bertz CT molecular complexity index is 1880. The molecule has 1 N–H and O–H groups in total. The summed E-state index contributed by atoms with van der Waals surface area (Å²) in [6.07, 6.45) is 1.59. The number of amides is 1. The smallest absolute Gasteiger partial charge is 0.255 e. The number of alkyl halides is 2. The molecule has 6 nitrogen and oxygen atoms in total. The molecule has 0 aliphatic heterocycles. The van der Waals surface area contributed by atoms with Gasteiger partial charge in [0.25, 0.3) is 5.91 Å². The van der Waals surface area contributed by atoms with Gasteiger partial charge in [-0.15, -0.1) is 0 Å². The molecule has 10 heteroatoms. The molecule has 0 bridgehead atoms. The number of hydrogen-bond acceptors (Lipinski definition) is 5. The number of nitrogens with one attached hydrogen (secondary N) is 1. The molecule has 1 aliphatic carbocycles. The van der Waals surface area contributed by atoms with Crippen molar-refractivity contribution in [2.45, 2.75) is 37.5 Å². The maximum Gasteiger partial charge on any atom is 0.255 e. The van der Waals surface area contributed by atoms with Crippen LogP contribution in [0, 0.1) is 18.6 Å². The van der Waals surface area contributed by atoms with Gasteiger partial charge in [0, 0.05) is 60.8 Å². The van der Waals surface area contributed by atoms with Gasteiger partial charge in [0.15, 0.2) is 5.78 Å². The zero-order valence-corrected chi connectivity index (χ0v) is 23.2. The lowest BCUT2D eigenvalue weighted by Crippen LogP contribution is -2.51. The van der Waals surface area contributed by atoms with Crippen LogP contribution < -0.4 is 5.32 Å². The molecule has 3 aromatic carbocycles. The van der Waals surface area contributed by atoms with Crippen LogP contribution in [-0.4, -0.2) is 34.6 Å². The van der Waals surface area contributed by atoms with Crippen molar-refractivity contribution in [1.29, 1.82) is 0 Å². The number of halogens is 4. The van der Waals surface area contributed by atoms with Gasteiger partial charge in [-0.3, -0.25) is 9.59 Å². The van der Waals surface area contributed by atoms with Crippen LogP contribution in [0.15, 0.2) is 77.5 Å². The molecule has 218 valence electrons. The highest BCUT2D eigenvalue weighted by atomic mass is 19.3. The number of benzene rings is 3. The summed E-state index contributed by atoms with van der Waals surface area (Å²) < 4.78 is 64.0. The molecule has 0 atom stereocenters. The maximum atomic E-state index is 16.4. The highest BCUT2D eigenvalue weighted by Crippen LogP contribution is 2.54. The van der Waals surface area contributed by atoms with Crippen molar-refractivity contribution in [2.75, 3.05) is 7.05 Å². The van der Waals surface area contributed by atoms with Gasteiger partial charge in [-0.25, -0.2) is 27.5 Å². The fourth-order valence-corrected chi connectivity index (χ4v) is 5.87. The second-order valence-electron chi connectivity index (χ2n) is 10.9. The minimum absolute atomic E-state index is 0.0518. The van der Waals surface area contributed by atoms with E-state index in [1.54, 1.807) is 25.1 Å². The number of nitrogens with zero attached hydrogens (tertiary/aromatic N) is 2. The number of fused-ring (bicyclic) bond motifs is 1. The SMILES string of the molecule is CNC(=O)c1c(-c2ccc(F)cc2)oc2ccc(-c3cc(C(=O)CC4(c5ncccn5)CC(F)(F)C4)ccc3C)c(F)c12. The predicted octanol–water partition coefficient (Wildman–Crippen LogP) is 7.44. The molecule has 0 spiro atoms. The Kier molecular flexibility index (Phi) is 6.87. The summed E-state index contributed by atoms with van der Waals surface area (Å²) in [6.45, 7) is 1.75. The summed E-state index contributed by atoms with van der Waals surface area (Å²) in [4.78, 5) is 34.8. The first-order chi connectivity index (χ1) is 20.5. The summed E-state index contributed by atoms with van der Waals surface area (Å²) in [7, 11) is 1.40. The van der Waals surface area contributed by atoms with Gasteiger partial charge in [-0.2, -0.15) is 0 Å². The molecule has 6 rings (SSSR count). The molecule has 0 saturated heterocycles. The van der Waals surface area contributed by atoms with E-state index in [4.69, 9.17) is 4.42 Å². The van der Waals surface area contributed by atoms with Crippen molar-refractivity contribution < 1.29 is 31.6 Å². The first kappa shape index (κ1) is 28.3. The number of aryl methyl sites for hydroxylation is 1. The Balaban J connectivity index is 1.42. The molecule has 43 heavy (non-hydrogen) atoms. The Labute approximate surface area is 243 Å². The van der Waals surface area contributed by atoms with Crippen LogP contribution in [0.1, 0.15) is 51.4 Å². The predicted molar refractivity (Wildman–Crippen MR) is 152 cm³/mol. The van der Waals surface area contributed by atoms with Crippen LogP contribution in [0.25, 0.3) is 33.4 Å². The fourth-order valence-electron chi connectivity index (χ4n) is 5.87. The Morgan fingerprint density at radius 1 is 0.953 bits per heavy atom. The van der Waals surface area contributed by atoms with E-state index >= 15 is 4.39 Å². The number of carbonyl (C=O) groups excluding carboxylic acids is 2. The zero-order chi connectivity index (χ0) is 30.5. The second-order valence-corrected chi connectivity index (χ2v) is 10.9. The van der Waals surface area contributed by atoms with E-state index in [-0.39, 0.29) is 45.7 Å². The van der Waals surface area contributed by atoms with Crippen molar-refractivity contribution in [2.24, 2.45) is 0 Å². The lowest BCUT2D eigenvalue weighted by Gasteiger charge is -2.45. The van der Waals surface area contributed by atoms with Crippen LogP contribution in [0.2, 0.25) is 0 Å². The van der Waals surface area contributed by atoms with Crippen molar-refractivity contribution in [1.82, 2.24) is 15.3 Å². The average molecular weight is 588 g/mol. The Morgan fingerprint density at radius 3 is 2.30 bits per heavy atom. The average Bonchev–Trinajstić information content (AvgIpc) is 3.37. The normalized spacial score (nSPS) is 15.2. The minimum atomic E-state index is -2.92. The number of ketones is 1. The van der Waals surface area contributed by atoms with Crippen LogP contribution >= 0.6 is 0 Å². The summed E-state index contributed by atoms with van der Waals surface area (Å²) in [5.41, 5.74) is 0.621. The molecule has 1 fully saturated rings. The van der Waals surface area contributed by atoms with Gasteiger partial charge in [0.1, 0.15) is 28.8 Å². The summed E-state index contributed by atoms with van der Waals surface area (Å²) in [6, 6.07) is 14.6. The topological polar surface area (TPSA) is 85.1 Å². The molecule has 1 saturated carbocycles. The van der Waals surface area contributed by atoms with Gasteiger partial charge in [-0.1, -0.05) is 12.1 Å². The highest BCUT2D eigenvalue weighted by Gasteiger charge is 2.59. The monoisotopic (exact) mass is 587 g/mol. The van der Waals surface area contributed by atoms with Gasteiger partial charge < -0.3 is 9.73 Å². The fraction of sp³-hybridized carbons (Fsp3) is 0.212. The zero-order valence-electron chi connectivity index (χ0n) is 23.2. The van der Waals surface area contributed by atoms with E-state index < -0.39 is 47.5 Å². The molecule has 2 heterocycles. The van der Waals surface area contributed by atoms with Crippen molar-refractivity contribution in [3.63, 3.8) is 0 Å². The number of rotatable bonds is 7. The van der Waals surface area contributed by atoms with Crippen LogP contribution in [0.4, 0.5) is 17.6 Å². The quantitative estimate of drug-likeness (QED) is 0.158. The van der Waals surface area contributed by atoms with Gasteiger partial charge in [0.05, 0.1) is 10.9 Å². The van der Waals surface area contributed by atoms with Crippen LogP contribution in [-0.2, 0) is 5.41 Å². The maximum absolute atomic E-state index is 16.4. The summed E-state index contributed by atoms with van der Waals surface area (Å²) in [5, 5.41) is 2.44. The first-order valence-electron chi connectivity index (χ1n) is 13.5. The van der Waals surface area contributed by atoms with E-state index in [1.165, 1.54) is 61.9 Å². The van der Waals surface area contributed by atoms with Crippen molar-refractivity contribution >= 4 is 22.7 Å². The number of hydrogen-bond donors (Lipinski definition) is 1. The van der Waals surface area contributed by atoms with E-state index in [2.05, 4.69) is 15.3 Å². The van der Waals surface area contributed by atoms with E-state index in [9.17, 15) is 22.8 Å². The number of aromatic nitrogens is 2. The molecule has 1 amide bonds. The standard InChI is InChI=1S/C33H25F4N3O3/c1-18-4-5-20(24(41)15-32(16-33(36,37)17-32)31-39-12-3-13-40-31)14-23(18)22-10-11-25-26(28(22)35)27(30(42)38-2)29(43-25)19-6-8-21(34)9-7-19/h3-14H,15-17H2,1-2H3,(H,38,42). The van der Waals surface area contributed by atoms with Crippen LogP contribution in [0.3, 0.4) is 0 Å². The first-order valence-corrected chi connectivity index (χ1v) is 13.5. The third kappa shape index (κ3) is 4.96. The largest absolute Gasteiger partial charge is 0.455 e. The number of furan rings is 1. The summed E-state index contributed by atoms with van der Waals surface area (Å²) >= 11 is 0. The molecule has 2 aromatic heterocycles. The number of carbonyl (C=O) groups is 2. The Morgan fingerprint density at radius 2 is 1.65 bits per heavy atom. The van der Waals surface area contributed by atoms with E-state index in [0.29, 0.717) is 16.7 Å². The van der Waals surface area contributed by atoms with Gasteiger partial charge >= 0.3 is 0 Å². The third-order valence-electron chi connectivity index (χ3n) is 7.94. The second kappa shape index (κ2) is 10.4. The van der Waals surface area contributed by atoms with Crippen molar-refractivity contribution in [3.8, 4) is 22.5 Å². The van der Waals surface area contributed by atoms with Gasteiger partial charge in [0.2, 0.25) is 5.92 Å². The third-order valence-corrected chi connectivity index (χ3v) is 7.94. The lowest BCUT2D eigenvalue weighted by atomic mass is 9.62. The molecule has 5 aromatic rings. The molecule has 0 unspecified atom stereocenters.